The largest absolute Gasteiger partial charge is 0.282 e. The third-order valence-corrected chi connectivity index (χ3v) is 4.43. The van der Waals surface area contributed by atoms with Crippen molar-refractivity contribution in [3.63, 3.8) is 0 Å². The van der Waals surface area contributed by atoms with Crippen LogP contribution in [0.4, 0.5) is 0 Å². The summed E-state index contributed by atoms with van der Waals surface area (Å²) in [4.78, 5) is 0. The molecule has 0 bridgehead atoms. The molecule has 0 radical (unpaired) electrons. The standard InChI is InChI=1S/C2H4O5S2/c3-8(4)1-7-9(5,6)2-8/h1-2H2. The molecule has 0 aromatic carbocycles. The second-order valence-electron chi connectivity index (χ2n) is 1.65. The smallest absolute Gasteiger partial charge is 0.253 e. The van der Waals surface area contributed by atoms with Crippen LogP contribution in [0.15, 0.2) is 0 Å². The van der Waals surface area contributed by atoms with Crippen molar-refractivity contribution in [2.24, 2.45) is 0 Å². The summed E-state index contributed by atoms with van der Waals surface area (Å²) in [6.07, 6.45) is 0. The van der Waals surface area contributed by atoms with Crippen molar-refractivity contribution in [2.75, 3.05) is 11.0 Å². The molecule has 0 unspecified atom stereocenters. The summed E-state index contributed by atoms with van der Waals surface area (Å²) in [7, 11) is -7.21. The molecule has 0 spiro atoms. The van der Waals surface area contributed by atoms with Crippen LogP contribution in [0.2, 0.25) is 0 Å². The van der Waals surface area contributed by atoms with Crippen molar-refractivity contribution in [3.8, 4) is 0 Å². The summed E-state index contributed by atoms with van der Waals surface area (Å²) in [6.45, 7) is 0. The third-order valence-electron chi connectivity index (χ3n) is 0.731. The molecule has 0 saturated carbocycles. The summed E-state index contributed by atoms with van der Waals surface area (Å²) in [5.41, 5.74) is 0. The summed E-state index contributed by atoms with van der Waals surface area (Å²) < 4.78 is 45.1. The summed E-state index contributed by atoms with van der Waals surface area (Å²) in [5, 5.41) is -0.875. The highest BCUT2D eigenvalue weighted by atomic mass is 32.3. The van der Waals surface area contributed by atoms with Gasteiger partial charge in [0.15, 0.2) is 20.9 Å². The van der Waals surface area contributed by atoms with E-state index >= 15 is 0 Å². The van der Waals surface area contributed by atoms with E-state index in [1.165, 1.54) is 0 Å². The van der Waals surface area contributed by atoms with Gasteiger partial charge in [0.1, 0.15) is 0 Å². The maximum Gasteiger partial charge on any atom is 0.282 e. The Morgan fingerprint density at radius 2 is 1.67 bits per heavy atom. The van der Waals surface area contributed by atoms with E-state index < -0.39 is 31.0 Å². The topological polar surface area (TPSA) is 77.5 Å². The summed E-state index contributed by atoms with van der Waals surface area (Å²) >= 11 is 0. The van der Waals surface area contributed by atoms with Crippen LogP contribution in [0.1, 0.15) is 0 Å². The van der Waals surface area contributed by atoms with E-state index in [0.717, 1.165) is 0 Å². The Bertz CT molecular complexity index is 262. The van der Waals surface area contributed by atoms with Crippen LogP contribution in [0.25, 0.3) is 0 Å². The predicted molar refractivity (Wildman–Crippen MR) is 28.7 cm³/mol. The molecule has 1 aliphatic rings. The quantitative estimate of drug-likeness (QED) is 0.423. The SMILES string of the molecule is O=S1(=O)COS(=O)(=O)C1. The minimum absolute atomic E-state index is 0.699. The maximum absolute atomic E-state index is 10.3. The van der Waals surface area contributed by atoms with Crippen LogP contribution in [0, 0.1) is 0 Å². The number of rotatable bonds is 0. The first-order valence-corrected chi connectivity index (χ1v) is 5.39. The lowest BCUT2D eigenvalue weighted by atomic mass is 11.7. The van der Waals surface area contributed by atoms with Gasteiger partial charge in [0.25, 0.3) is 10.1 Å². The molecular formula is C2H4O5S2. The molecule has 0 aliphatic carbocycles. The molecule has 7 heteroatoms. The van der Waals surface area contributed by atoms with Crippen molar-refractivity contribution in [3.05, 3.63) is 0 Å². The van der Waals surface area contributed by atoms with Crippen molar-refractivity contribution in [2.45, 2.75) is 0 Å². The Morgan fingerprint density at radius 1 is 1.11 bits per heavy atom. The Labute approximate surface area is 52.7 Å². The normalized spacial score (nSPS) is 30.2. The molecule has 0 amide bonds. The van der Waals surface area contributed by atoms with Crippen LogP contribution in [-0.2, 0) is 24.1 Å². The molecule has 0 aromatic heterocycles. The van der Waals surface area contributed by atoms with Gasteiger partial charge in [-0.05, 0) is 0 Å². The fraction of sp³-hybridized carbons (Fsp3) is 1.00. The molecular weight excluding hydrogens is 168 g/mol. The molecule has 0 aromatic rings. The number of hydrogen-bond acceptors (Lipinski definition) is 5. The van der Waals surface area contributed by atoms with Crippen molar-refractivity contribution in [1.82, 2.24) is 0 Å². The zero-order valence-electron chi connectivity index (χ0n) is 4.27. The Morgan fingerprint density at radius 3 is 1.78 bits per heavy atom. The van der Waals surface area contributed by atoms with Crippen LogP contribution in [0.5, 0.6) is 0 Å². The van der Waals surface area contributed by atoms with Crippen molar-refractivity contribution >= 4 is 20.0 Å². The van der Waals surface area contributed by atoms with E-state index in [9.17, 15) is 16.8 Å². The first kappa shape index (κ1) is 6.97. The lowest BCUT2D eigenvalue weighted by molar-refractivity contribution is 0.386. The van der Waals surface area contributed by atoms with E-state index in [-0.39, 0.29) is 0 Å². The van der Waals surface area contributed by atoms with Gasteiger partial charge in [-0.1, -0.05) is 0 Å². The fourth-order valence-corrected chi connectivity index (χ4v) is 3.91. The molecule has 54 valence electrons. The zero-order chi connectivity index (χ0) is 7.12. The average molecular weight is 172 g/mol. The van der Waals surface area contributed by atoms with E-state index in [0.29, 0.717) is 0 Å². The highest BCUT2D eigenvalue weighted by Gasteiger charge is 2.32. The first-order valence-electron chi connectivity index (χ1n) is 1.99. The van der Waals surface area contributed by atoms with Gasteiger partial charge in [0.2, 0.25) is 0 Å². The number of hydrogen-bond donors (Lipinski definition) is 0. The lowest BCUT2D eigenvalue weighted by Crippen LogP contribution is -2.03. The minimum Gasteiger partial charge on any atom is -0.253 e. The molecule has 1 heterocycles. The van der Waals surface area contributed by atoms with Gasteiger partial charge in [0, 0.05) is 0 Å². The summed E-state index contributed by atoms with van der Waals surface area (Å²) in [5.74, 6) is -0.699. The minimum atomic E-state index is -3.74. The van der Waals surface area contributed by atoms with E-state index in [1.54, 1.807) is 0 Å². The third kappa shape index (κ3) is 1.63. The zero-order valence-corrected chi connectivity index (χ0v) is 5.90. The molecule has 1 rings (SSSR count). The van der Waals surface area contributed by atoms with Gasteiger partial charge in [0.05, 0.1) is 0 Å². The molecule has 5 nitrogen and oxygen atoms in total. The van der Waals surface area contributed by atoms with Gasteiger partial charge in [-0.15, -0.1) is 0 Å². The second-order valence-corrected chi connectivity index (χ2v) is 5.67. The molecule has 1 saturated heterocycles. The Hall–Kier alpha value is -0.140. The molecule has 9 heavy (non-hydrogen) atoms. The molecule has 0 N–H and O–H groups in total. The second kappa shape index (κ2) is 1.68. The van der Waals surface area contributed by atoms with Crippen LogP contribution in [-0.4, -0.2) is 27.9 Å². The predicted octanol–water partition coefficient (Wildman–Crippen LogP) is -1.32. The maximum atomic E-state index is 10.3. The first-order chi connectivity index (χ1) is 3.91. The van der Waals surface area contributed by atoms with E-state index in [4.69, 9.17) is 0 Å². The lowest BCUT2D eigenvalue weighted by Gasteiger charge is -1.80. The molecule has 1 fully saturated rings. The van der Waals surface area contributed by atoms with Gasteiger partial charge in [-0.25, -0.2) is 8.42 Å². The van der Waals surface area contributed by atoms with E-state index in [2.05, 4.69) is 4.18 Å². The molecule has 0 atom stereocenters. The van der Waals surface area contributed by atoms with Crippen molar-refractivity contribution < 1.29 is 21.0 Å². The van der Waals surface area contributed by atoms with Gasteiger partial charge in [-0.2, -0.15) is 8.42 Å². The molecule has 1 aliphatic heterocycles. The van der Waals surface area contributed by atoms with Crippen LogP contribution in [0.3, 0.4) is 0 Å². The fourth-order valence-electron chi connectivity index (χ4n) is 0.435. The Kier molecular flexibility index (Phi) is 1.30. The average Bonchev–Trinajstić information content (AvgIpc) is 1.78. The van der Waals surface area contributed by atoms with Crippen LogP contribution < -0.4 is 0 Å². The highest BCUT2D eigenvalue weighted by molar-refractivity contribution is 8.08. The van der Waals surface area contributed by atoms with Gasteiger partial charge < -0.3 is 0 Å². The summed E-state index contributed by atoms with van der Waals surface area (Å²) in [6, 6.07) is 0. The van der Waals surface area contributed by atoms with Crippen molar-refractivity contribution in [1.29, 1.82) is 0 Å². The van der Waals surface area contributed by atoms with Gasteiger partial charge >= 0.3 is 0 Å². The highest BCUT2D eigenvalue weighted by Crippen LogP contribution is 2.10. The van der Waals surface area contributed by atoms with Crippen LogP contribution >= 0.6 is 0 Å². The van der Waals surface area contributed by atoms with Gasteiger partial charge in [-0.3, -0.25) is 4.18 Å². The number of sulfone groups is 1. The monoisotopic (exact) mass is 172 g/mol. The van der Waals surface area contributed by atoms with E-state index in [1.807, 2.05) is 0 Å². The Balaban J connectivity index is 3.09.